The third kappa shape index (κ3) is 4.06. The van der Waals surface area contributed by atoms with Gasteiger partial charge in [0, 0.05) is 24.5 Å². The van der Waals surface area contributed by atoms with Gasteiger partial charge in [0.15, 0.2) is 0 Å². The smallest absolute Gasteiger partial charge is 0.319 e. The lowest BCUT2D eigenvalue weighted by molar-refractivity contribution is 0.249. The van der Waals surface area contributed by atoms with Gasteiger partial charge >= 0.3 is 6.03 Å². The van der Waals surface area contributed by atoms with Gasteiger partial charge in [-0.3, -0.25) is 0 Å². The number of benzene rings is 1. The maximum atomic E-state index is 11.7. The Hall–Kier alpha value is -2.34. The number of aromatic nitrogens is 2. The van der Waals surface area contributed by atoms with Gasteiger partial charge in [-0.25, -0.2) is 9.48 Å². The number of aliphatic hydroxyl groups excluding tert-OH is 1. The largest absolute Gasteiger partial charge is 0.396 e. The monoisotopic (exact) mass is 288 g/mol. The molecule has 0 saturated heterocycles. The molecule has 0 aliphatic carbocycles. The van der Waals surface area contributed by atoms with E-state index in [1.807, 2.05) is 48.9 Å². The predicted molar refractivity (Wildman–Crippen MR) is 81.8 cm³/mol. The highest BCUT2D eigenvalue weighted by Gasteiger charge is 2.06. The lowest BCUT2D eigenvalue weighted by Crippen LogP contribution is -2.29. The van der Waals surface area contributed by atoms with Crippen LogP contribution >= 0.6 is 0 Å². The molecule has 3 N–H and O–H groups in total. The Labute approximate surface area is 123 Å². The number of rotatable bonds is 5. The van der Waals surface area contributed by atoms with Gasteiger partial charge in [-0.2, -0.15) is 5.10 Å². The summed E-state index contributed by atoms with van der Waals surface area (Å²) in [6.07, 6.45) is 0.541. The Morgan fingerprint density at radius 1 is 1.33 bits per heavy atom. The van der Waals surface area contributed by atoms with Gasteiger partial charge in [0.2, 0.25) is 0 Å². The highest BCUT2D eigenvalue weighted by molar-refractivity contribution is 5.89. The summed E-state index contributed by atoms with van der Waals surface area (Å²) >= 11 is 0. The fraction of sp³-hybridized carbons (Fsp3) is 0.333. The molecule has 6 heteroatoms. The molecule has 6 nitrogen and oxygen atoms in total. The van der Waals surface area contributed by atoms with Crippen LogP contribution in [-0.4, -0.2) is 34.1 Å². The van der Waals surface area contributed by atoms with E-state index in [2.05, 4.69) is 15.7 Å². The fourth-order valence-corrected chi connectivity index (χ4v) is 2.06. The van der Waals surface area contributed by atoms with E-state index < -0.39 is 0 Å². The second kappa shape index (κ2) is 6.90. The van der Waals surface area contributed by atoms with Crippen LogP contribution in [0.2, 0.25) is 0 Å². The average molecular weight is 288 g/mol. The van der Waals surface area contributed by atoms with E-state index in [0.29, 0.717) is 18.7 Å². The van der Waals surface area contributed by atoms with E-state index in [1.165, 1.54) is 0 Å². The second-order valence-corrected chi connectivity index (χ2v) is 4.85. The Morgan fingerprint density at radius 3 is 2.81 bits per heavy atom. The van der Waals surface area contributed by atoms with Crippen molar-refractivity contribution in [3.63, 3.8) is 0 Å². The molecule has 0 unspecified atom stereocenters. The molecule has 0 bridgehead atoms. The molecule has 21 heavy (non-hydrogen) atoms. The minimum absolute atomic E-state index is 0.0632. The number of aliphatic hydroxyl groups is 1. The molecule has 0 radical (unpaired) electrons. The van der Waals surface area contributed by atoms with Gasteiger partial charge in [0.25, 0.3) is 0 Å². The van der Waals surface area contributed by atoms with Crippen LogP contribution in [-0.2, 0) is 0 Å². The van der Waals surface area contributed by atoms with Gasteiger partial charge in [0.1, 0.15) is 0 Å². The molecular weight excluding hydrogens is 268 g/mol. The van der Waals surface area contributed by atoms with Crippen molar-refractivity contribution >= 4 is 11.7 Å². The Bertz CT molecular complexity index is 622. The van der Waals surface area contributed by atoms with Gasteiger partial charge in [-0.1, -0.05) is 6.07 Å². The summed E-state index contributed by atoms with van der Waals surface area (Å²) in [6.45, 7) is 4.44. The molecule has 0 spiro atoms. The molecule has 112 valence electrons. The number of carbonyl (C=O) groups is 1. The third-order valence-corrected chi connectivity index (χ3v) is 2.98. The maximum Gasteiger partial charge on any atom is 0.319 e. The number of amides is 2. The van der Waals surface area contributed by atoms with Crippen molar-refractivity contribution < 1.29 is 9.90 Å². The van der Waals surface area contributed by atoms with Gasteiger partial charge in [0.05, 0.1) is 11.4 Å². The van der Waals surface area contributed by atoms with Crippen molar-refractivity contribution in [1.29, 1.82) is 0 Å². The minimum Gasteiger partial charge on any atom is -0.396 e. The Kier molecular flexibility index (Phi) is 4.94. The summed E-state index contributed by atoms with van der Waals surface area (Å²) in [7, 11) is 0. The van der Waals surface area contributed by atoms with E-state index in [0.717, 1.165) is 17.1 Å². The molecule has 0 saturated carbocycles. The first-order valence-corrected chi connectivity index (χ1v) is 6.89. The van der Waals surface area contributed by atoms with Crippen molar-refractivity contribution in [3.05, 3.63) is 41.7 Å². The molecular formula is C15H20N4O2. The molecule has 0 aliphatic rings. The highest BCUT2D eigenvalue weighted by atomic mass is 16.3. The Balaban J connectivity index is 2.08. The zero-order valence-corrected chi connectivity index (χ0v) is 12.3. The first kappa shape index (κ1) is 15.1. The highest BCUT2D eigenvalue weighted by Crippen LogP contribution is 2.16. The standard InChI is InChI=1S/C15H20N4O2/c1-11-9-12(2)19(18-11)14-6-3-5-13(10-14)17-15(21)16-7-4-8-20/h3,5-6,9-10,20H,4,7-8H2,1-2H3,(H2,16,17,21). The van der Waals surface area contributed by atoms with Crippen LogP contribution in [0.5, 0.6) is 0 Å². The number of nitrogens with one attached hydrogen (secondary N) is 2. The van der Waals surface area contributed by atoms with Crippen LogP contribution in [0, 0.1) is 13.8 Å². The number of aryl methyl sites for hydroxylation is 2. The molecule has 2 rings (SSSR count). The minimum atomic E-state index is -0.283. The summed E-state index contributed by atoms with van der Waals surface area (Å²) < 4.78 is 1.84. The second-order valence-electron chi connectivity index (χ2n) is 4.85. The van der Waals surface area contributed by atoms with Crippen molar-refractivity contribution in [2.75, 3.05) is 18.5 Å². The van der Waals surface area contributed by atoms with Crippen LogP contribution in [0.3, 0.4) is 0 Å². The lowest BCUT2D eigenvalue weighted by Gasteiger charge is -2.09. The zero-order valence-electron chi connectivity index (χ0n) is 12.3. The number of hydrogen-bond acceptors (Lipinski definition) is 3. The first-order chi connectivity index (χ1) is 10.1. The van der Waals surface area contributed by atoms with E-state index in [9.17, 15) is 4.79 Å². The number of hydrogen-bond donors (Lipinski definition) is 3. The molecule has 1 heterocycles. The van der Waals surface area contributed by atoms with Crippen LogP contribution in [0.1, 0.15) is 17.8 Å². The van der Waals surface area contributed by atoms with E-state index in [4.69, 9.17) is 5.11 Å². The SMILES string of the molecule is Cc1cc(C)n(-c2cccc(NC(=O)NCCCO)c2)n1. The van der Waals surface area contributed by atoms with Crippen LogP contribution in [0.25, 0.3) is 5.69 Å². The first-order valence-electron chi connectivity index (χ1n) is 6.89. The predicted octanol–water partition coefficient (Wildman–Crippen LogP) is 1.99. The summed E-state index contributed by atoms with van der Waals surface area (Å²) in [5.74, 6) is 0. The van der Waals surface area contributed by atoms with Crippen molar-refractivity contribution in [2.24, 2.45) is 0 Å². The fourth-order valence-electron chi connectivity index (χ4n) is 2.06. The van der Waals surface area contributed by atoms with Crippen LogP contribution < -0.4 is 10.6 Å². The van der Waals surface area contributed by atoms with Gasteiger partial charge < -0.3 is 15.7 Å². The third-order valence-electron chi connectivity index (χ3n) is 2.98. The molecule has 0 atom stereocenters. The maximum absolute atomic E-state index is 11.7. The van der Waals surface area contributed by atoms with Gasteiger partial charge in [-0.05, 0) is 44.5 Å². The summed E-state index contributed by atoms with van der Waals surface area (Å²) in [5.41, 5.74) is 3.58. The quantitative estimate of drug-likeness (QED) is 0.736. The molecule has 1 aromatic carbocycles. The van der Waals surface area contributed by atoms with E-state index >= 15 is 0 Å². The van der Waals surface area contributed by atoms with Crippen LogP contribution in [0.4, 0.5) is 10.5 Å². The number of nitrogens with zero attached hydrogens (tertiary/aromatic N) is 2. The van der Waals surface area contributed by atoms with Crippen molar-refractivity contribution in [2.45, 2.75) is 20.3 Å². The van der Waals surface area contributed by atoms with Crippen molar-refractivity contribution in [1.82, 2.24) is 15.1 Å². The topological polar surface area (TPSA) is 79.2 Å². The number of anilines is 1. The lowest BCUT2D eigenvalue weighted by atomic mass is 10.2. The van der Waals surface area contributed by atoms with Gasteiger partial charge in [-0.15, -0.1) is 0 Å². The molecule has 0 fully saturated rings. The summed E-state index contributed by atoms with van der Waals surface area (Å²) in [5, 5.41) is 18.5. The molecule has 0 aliphatic heterocycles. The number of carbonyl (C=O) groups excluding carboxylic acids is 1. The Morgan fingerprint density at radius 2 is 2.14 bits per heavy atom. The average Bonchev–Trinajstić information content (AvgIpc) is 2.78. The molecule has 2 aromatic rings. The summed E-state index contributed by atoms with van der Waals surface area (Å²) in [6, 6.07) is 9.21. The molecule has 2 amide bonds. The zero-order chi connectivity index (χ0) is 15.2. The van der Waals surface area contributed by atoms with Crippen LogP contribution in [0.15, 0.2) is 30.3 Å². The van der Waals surface area contributed by atoms with Crippen molar-refractivity contribution in [3.8, 4) is 5.69 Å². The van der Waals surface area contributed by atoms with E-state index in [-0.39, 0.29) is 12.6 Å². The molecule has 1 aromatic heterocycles. The summed E-state index contributed by atoms with van der Waals surface area (Å²) in [4.78, 5) is 11.7. The normalized spacial score (nSPS) is 10.4. The van der Waals surface area contributed by atoms with E-state index in [1.54, 1.807) is 0 Å². The number of urea groups is 1.